The Morgan fingerprint density at radius 1 is 1.20 bits per heavy atom. The molecule has 0 unspecified atom stereocenters. The number of hydrogen-bond acceptors (Lipinski definition) is 3. The zero-order chi connectivity index (χ0) is 15.0. The first-order valence-electron chi connectivity index (χ1n) is 7.03. The molecule has 0 atom stereocenters. The fourth-order valence-corrected chi connectivity index (χ4v) is 1.87. The number of carbonyl (C=O) groups excluding carboxylic acids is 1. The molecule has 0 aliphatic carbocycles. The van der Waals surface area contributed by atoms with Gasteiger partial charge >= 0.3 is 11.9 Å². The highest BCUT2D eigenvalue weighted by molar-refractivity contribution is 5.88. The van der Waals surface area contributed by atoms with Crippen LogP contribution in [0, 0.1) is 5.92 Å². The predicted molar refractivity (Wildman–Crippen MR) is 77.0 cm³/mol. The molecule has 4 heteroatoms. The molecule has 0 spiro atoms. The van der Waals surface area contributed by atoms with Gasteiger partial charge in [-0.2, -0.15) is 0 Å². The van der Waals surface area contributed by atoms with Crippen molar-refractivity contribution in [3.63, 3.8) is 0 Å². The summed E-state index contributed by atoms with van der Waals surface area (Å²) in [4.78, 5) is 22.4. The van der Waals surface area contributed by atoms with Crippen molar-refractivity contribution in [3.05, 3.63) is 29.8 Å². The largest absolute Gasteiger partial charge is 0.478 e. The molecule has 1 aromatic rings. The SMILES string of the molecule is CC(C)CCCCCC(=O)Oc1cccc(C(=O)O)c1. The molecule has 0 aliphatic heterocycles. The minimum atomic E-state index is -1.03. The molecule has 0 heterocycles. The number of carboxylic acids is 1. The third-order valence-electron chi connectivity index (χ3n) is 2.98. The van der Waals surface area contributed by atoms with Crippen molar-refractivity contribution in [2.24, 2.45) is 5.92 Å². The van der Waals surface area contributed by atoms with Gasteiger partial charge in [0.05, 0.1) is 5.56 Å². The van der Waals surface area contributed by atoms with Crippen molar-refractivity contribution in [2.45, 2.75) is 46.0 Å². The zero-order valence-electron chi connectivity index (χ0n) is 12.1. The monoisotopic (exact) mass is 278 g/mol. The number of rotatable bonds is 8. The first-order valence-corrected chi connectivity index (χ1v) is 7.03. The van der Waals surface area contributed by atoms with Crippen LogP contribution in [0.4, 0.5) is 0 Å². The Balaban J connectivity index is 2.32. The highest BCUT2D eigenvalue weighted by Gasteiger charge is 2.08. The number of hydrogen-bond donors (Lipinski definition) is 1. The second-order valence-corrected chi connectivity index (χ2v) is 5.30. The normalized spacial score (nSPS) is 10.6. The maximum absolute atomic E-state index is 11.6. The first kappa shape index (κ1) is 16.2. The van der Waals surface area contributed by atoms with Gasteiger partial charge in [0.25, 0.3) is 0 Å². The van der Waals surface area contributed by atoms with Gasteiger partial charge in [-0.05, 0) is 30.5 Å². The van der Waals surface area contributed by atoms with Gasteiger partial charge in [-0.1, -0.05) is 39.2 Å². The lowest BCUT2D eigenvalue weighted by molar-refractivity contribution is -0.134. The smallest absolute Gasteiger partial charge is 0.335 e. The van der Waals surface area contributed by atoms with Crippen molar-refractivity contribution < 1.29 is 19.4 Å². The molecule has 0 aromatic heterocycles. The molecule has 0 amide bonds. The average molecular weight is 278 g/mol. The molecule has 20 heavy (non-hydrogen) atoms. The molecule has 1 rings (SSSR count). The highest BCUT2D eigenvalue weighted by atomic mass is 16.5. The summed E-state index contributed by atoms with van der Waals surface area (Å²) in [6.45, 7) is 4.37. The van der Waals surface area contributed by atoms with E-state index >= 15 is 0 Å². The van der Waals surface area contributed by atoms with Crippen LogP contribution in [0.25, 0.3) is 0 Å². The Hall–Kier alpha value is -1.84. The van der Waals surface area contributed by atoms with E-state index in [1.807, 2.05) is 0 Å². The van der Waals surface area contributed by atoms with Crippen LogP contribution in [0.1, 0.15) is 56.3 Å². The van der Waals surface area contributed by atoms with Crippen molar-refractivity contribution in [3.8, 4) is 5.75 Å². The number of ether oxygens (including phenoxy) is 1. The van der Waals surface area contributed by atoms with Gasteiger partial charge in [0.2, 0.25) is 0 Å². The number of carbonyl (C=O) groups is 2. The molecule has 0 bridgehead atoms. The average Bonchev–Trinajstić information content (AvgIpc) is 2.38. The minimum absolute atomic E-state index is 0.118. The molecule has 0 aliphatic rings. The topological polar surface area (TPSA) is 63.6 Å². The van der Waals surface area contributed by atoms with Gasteiger partial charge in [-0.25, -0.2) is 4.79 Å². The molecule has 4 nitrogen and oxygen atoms in total. The Bertz CT molecular complexity index is 452. The molecule has 110 valence electrons. The van der Waals surface area contributed by atoms with E-state index in [9.17, 15) is 9.59 Å². The van der Waals surface area contributed by atoms with Crippen molar-refractivity contribution >= 4 is 11.9 Å². The van der Waals surface area contributed by atoms with E-state index < -0.39 is 5.97 Å². The molecule has 0 fully saturated rings. The van der Waals surface area contributed by atoms with E-state index in [2.05, 4.69) is 13.8 Å². The van der Waals surface area contributed by atoms with Gasteiger partial charge in [-0.3, -0.25) is 4.79 Å². The number of aromatic carboxylic acids is 1. The van der Waals surface area contributed by atoms with Gasteiger partial charge in [-0.15, -0.1) is 0 Å². The molecule has 0 saturated carbocycles. The summed E-state index contributed by atoms with van der Waals surface area (Å²) >= 11 is 0. The third-order valence-corrected chi connectivity index (χ3v) is 2.98. The van der Waals surface area contributed by atoms with Crippen LogP contribution in [-0.2, 0) is 4.79 Å². The van der Waals surface area contributed by atoms with Gasteiger partial charge < -0.3 is 9.84 Å². The zero-order valence-corrected chi connectivity index (χ0v) is 12.1. The number of carboxylic acid groups (broad SMARTS) is 1. The fourth-order valence-electron chi connectivity index (χ4n) is 1.87. The van der Waals surface area contributed by atoms with E-state index in [0.717, 1.165) is 19.3 Å². The Labute approximate surface area is 119 Å². The predicted octanol–water partition coefficient (Wildman–Crippen LogP) is 3.90. The third kappa shape index (κ3) is 6.36. The van der Waals surface area contributed by atoms with Crippen LogP contribution >= 0.6 is 0 Å². The van der Waals surface area contributed by atoms with Crippen LogP contribution in [0.3, 0.4) is 0 Å². The maximum atomic E-state index is 11.6. The summed E-state index contributed by atoms with van der Waals surface area (Å²) in [5, 5.41) is 8.85. The van der Waals surface area contributed by atoms with Crippen molar-refractivity contribution in [2.75, 3.05) is 0 Å². The summed E-state index contributed by atoms with van der Waals surface area (Å²) in [5.41, 5.74) is 0.118. The van der Waals surface area contributed by atoms with E-state index in [-0.39, 0.29) is 17.3 Å². The van der Waals surface area contributed by atoms with Crippen LogP contribution in [0.5, 0.6) is 5.75 Å². The van der Waals surface area contributed by atoms with E-state index in [4.69, 9.17) is 9.84 Å². The summed E-state index contributed by atoms with van der Waals surface area (Å²) in [6, 6.07) is 5.97. The van der Waals surface area contributed by atoms with Gasteiger partial charge in [0.15, 0.2) is 0 Å². The number of esters is 1. The van der Waals surface area contributed by atoms with Crippen LogP contribution < -0.4 is 4.74 Å². The second-order valence-electron chi connectivity index (χ2n) is 5.30. The second kappa shape index (κ2) is 8.35. The Morgan fingerprint density at radius 3 is 2.60 bits per heavy atom. The van der Waals surface area contributed by atoms with Crippen molar-refractivity contribution in [1.29, 1.82) is 0 Å². The molecular formula is C16H22O4. The van der Waals surface area contributed by atoms with E-state index in [0.29, 0.717) is 12.3 Å². The summed E-state index contributed by atoms with van der Waals surface area (Å²) < 4.78 is 5.13. The number of benzene rings is 1. The summed E-state index contributed by atoms with van der Waals surface area (Å²) in [7, 11) is 0. The highest BCUT2D eigenvalue weighted by Crippen LogP contribution is 2.15. The van der Waals surface area contributed by atoms with E-state index in [1.165, 1.54) is 18.6 Å². The summed E-state index contributed by atoms with van der Waals surface area (Å²) in [6.07, 6.45) is 4.50. The lowest BCUT2D eigenvalue weighted by Crippen LogP contribution is -2.08. The first-order chi connectivity index (χ1) is 9.49. The van der Waals surface area contributed by atoms with Gasteiger partial charge in [0, 0.05) is 6.42 Å². The van der Waals surface area contributed by atoms with Crippen LogP contribution in [0.15, 0.2) is 24.3 Å². The molecule has 0 radical (unpaired) electrons. The molecular weight excluding hydrogens is 256 g/mol. The van der Waals surface area contributed by atoms with Crippen LogP contribution in [-0.4, -0.2) is 17.0 Å². The summed E-state index contributed by atoms with van der Waals surface area (Å²) in [5.74, 6) is -0.355. The Kier molecular flexibility index (Phi) is 6.77. The van der Waals surface area contributed by atoms with Crippen molar-refractivity contribution in [1.82, 2.24) is 0 Å². The van der Waals surface area contributed by atoms with E-state index in [1.54, 1.807) is 12.1 Å². The standard InChI is InChI=1S/C16H22O4/c1-12(2)7-4-3-5-10-15(17)20-14-9-6-8-13(11-14)16(18)19/h6,8-9,11-12H,3-5,7,10H2,1-2H3,(H,18,19). The minimum Gasteiger partial charge on any atom is -0.478 e. The molecule has 0 saturated heterocycles. The maximum Gasteiger partial charge on any atom is 0.335 e. The molecule has 1 N–H and O–H groups in total. The van der Waals surface area contributed by atoms with Crippen LogP contribution in [0.2, 0.25) is 0 Å². The molecule has 1 aromatic carbocycles. The van der Waals surface area contributed by atoms with Gasteiger partial charge in [0.1, 0.15) is 5.75 Å². The lowest BCUT2D eigenvalue weighted by Gasteiger charge is -2.06. The fraction of sp³-hybridized carbons (Fsp3) is 0.500. The lowest BCUT2D eigenvalue weighted by atomic mass is 10.0. The quantitative estimate of drug-likeness (QED) is 0.445. The Morgan fingerprint density at radius 2 is 1.95 bits per heavy atom. The number of unbranched alkanes of at least 4 members (excludes halogenated alkanes) is 2.